The van der Waals surface area contributed by atoms with Crippen LogP contribution in [0, 0.1) is 5.41 Å². The molecule has 0 unspecified atom stereocenters. The Morgan fingerprint density at radius 2 is 2.22 bits per heavy atom. The Labute approximate surface area is 112 Å². The smallest absolute Gasteiger partial charge is 0.227 e. The second-order valence-corrected chi connectivity index (χ2v) is 5.53. The summed E-state index contributed by atoms with van der Waals surface area (Å²) in [5.41, 5.74) is 2.53. The van der Waals surface area contributed by atoms with Crippen molar-refractivity contribution in [2.75, 3.05) is 18.0 Å². The molecule has 0 atom stereocenters. The van der Waals surface area contributed by atoms with Crippen LogP contribution >= 0.6 is 12.4 Å². The molecule has 0 bridgehead atoms. The number of nitrogens with one attached hydrogen (secondary N) is 1. The van der Waals surface area contributed by atoms with Crippen LogP contribution < -0.4 is 10.2 Å². The Kier molecular flexibility index (Phi) is 2.64. The highest BCUT2D eigenvalue weighted by atomic mass is 35.5. The van der Waals surface area contributed by atoms with E-state index in [1.807, 2.05) is 15.8 Å². The Morgan fingerprint density at radius 3 is 2.94 bits per heavy atom. The van der Waals surface area contributed by atoms with Gasteiger partial charge in [0.05, 0.1) is 24.1 Å². The first-order chi connectivity index (χ1) is 8.27. The third kappa shape index (κ3) is 1.65. The van der Waals surface area contributed by atoms with Crippen molar-refractivity contribution in [1.29, 1.82) is 0 Å². The molecule has 1 aromatic heterocycles. The molecular weight excluding hydrogens is 252 g/mol. The standard InChI is InChI=1S/C12H16N4O.ClH/c17-11-5-12(1-2-12)8-15(11)9-7-14-16-4-3-13-6-10(9)16;/h7,13H,1-6,8H2;1H. The van der Waals surface area contributed by atoms with E-state index in [2.05, 4.69) is 10.4 Å². The molecular formula is C12H17ClN4O. The summed E-state index contributed by atoms with van der Waals surface area (Å²) in [7, 11) is 0. The molecule has 4 rings (SSSR count). The minimum absolute atomic E-state index is 0. The molecule has 1 amide bonds. The Morgan fingerprint density at radius 1 is 1.39 bits per heavy atom. The van der Waals surface area contributed by atoms with Crippen molar-refractivity contribution in [2.45, 2.75) is 32.4 Å². The molecule has 1 spiro atoms. The fourth-order valence-corrected chi connectivity index (χ4v) is 3.02. The third-order valence-corrected chi connectivity index (χ3v) is 4.29. The average Bonchev–Trinajstić information content (AvgIpc) is 2.83. The average molecular weight is 269 g/mol. The van der Waals surface area contributed by atoms with Crippen molar-refractivity contribution in [1.82, 2.24) is 15.1 Å². The van der Waals surface area contributed by atoms with Gasteiger partial charge in [-0.15, -0.1) is 12.4 Å². The first-order valence-corrected chi connectivity index (χ1v) is 6.33. The maximum atomic E-state index is 12.1. The number of hydrogen-bond donors (Lipinski definition) is 1. The van der Waals surface area contributed by atoms with Gasteiger partial charge in [-0.25, -0.2) is 0 Å². The molecule has 1 N–H and O–H groups in total. The Hall–Kier alpha value is -1.07. The monoisotopic (exact) mass is 268 g/mol. The molecule has 6 heteroatoms. The van der Waals surface area contributed by atoms with Crippen LogP contribution in [0.2, 0.25) is 0 Å². The predicted molar refractivity (Wildman–Crippen MR) is 69.8 cm³/mol. The largest absolute Gasteiger partial charge is 0.309 e. The van der Waals surface area contributed by atoms with Gasteiger partial charge in [0.15, 0.2) is 0 Å². The van der Waals surface area contributed by atoms with Gasteiger partial charge in [0.1, 0.15) is 0 Å². The van der Waals surface area contributed by atoms with E-state index in [0.29, 0.717) is 5.41 Å². The van der Waals surface area contributed by atoms with E-state index < -0.39 is 0 Å². The number of rotatable bonds is 1. The lowest BCUT2D eigenvalue weighted by Crippen LogP contribution is -2.31. The molecule has 18 heavy (non-hydrogen) atoms. The number of carbonyl (C=O) groups excluding carboxylic acids is 1. The minimum atomic E-state index is 0. The zero-order valence-electron chi connectivity index (χ0n) is 10.2. The summed E-state index contributed by atoms with van der Waals surface area (Å²) in [5.74, 6) is 0.281. The quantitative estimate of drug-likeness (QED) is 0.824. The number of halogens is 1. The molecule has 98 valence electrons. The van der Waals surface area contributed by atoms with Gasteiger partial charge in [0.2, 0.25) is 5.91 Å². The van der Waals surface area contributed by atoms with Gasteiger partial charge in [0.25, 0.3) is 0 Å². The number of amides is 1. The van der Waals surface area contributed by atoms with E-state index in [-0.39, 0.29) is 18.3 Å². The number of aromatic nitrogens is 2. The van der Waals surface area contributed by atoms with Crippen LogP contribution in [0.25, 0.3) is 0 Å². The summed E-state index contributed by atoms with van der Waals surface area (Å²) in [6.45, 7) is 3.60. The molecule has 1 aliphatic carbocycles. The number of fused-ring (bicyclic) bond motifs is 1. The van der Waals surface area contributed by atoms with Gasteiger partial charge in [0, 0.05) is 26.1 Å². The van der Waals surface area contributed by atoms with Gasteiger partial charge in [-0.2, -0.15) is 5.10 Å². The van der Waals surface area contributed by atoms with Crippen LogP contribution in [0.3, 0.4) is 0 Å². The van der Waals surface area contributed by atoms with Crippen molar-refractivity contribution in [3.05, 3.63) is 11.9 Å². The lowest BCUT2D eigenvalue weighted by molar-refractivity contribution is -0.117. The zero-order chi connectivity index (χ0) is 11.5. The van der Waals surface area contributed by atoms with Crippen LogP contribution in [0.5, 0.6) is 0 Å². The second kappa shape index (κ2) is 3.96. The summed E-state index contributed by atoms with van der Waals surface area (Å²) in [5, 5.41) is 7.73. The van der Waals surface area contributed by atoms with Crippen molar-refractivity contribution >= 4 is 24.0 Å². The summed E-state index contributed by atoms with van der Waals surface area (Å²) in [4.78, 5) is 14.0. The van der Waals surface area contributed by atoms with Crippen LogP contribution in [-0.4, -0.2) is 28.8 Å². The van der Waals surface area contributed by atoms with Gasteiger partial charge in [-0.05, 0) is 18.3 Å². The van der Waals surface area contributed by atoms with E-state index in [0.717, 1.165) is 38.3 Å². The van der Waals surface area contributed by atoms with Crippen molar-refractivity contribution < 1.29 is 4.79 Å². The summed E-state index contributed by atoms with van der Waals surface area (Å²) in [6.07, 6.45) is 5.04. The summed E-state index contributed by atoms with van der Waals surface area (Å²) >= 11 is 0. The fraction of sp³-hybridized carbons (Fsp3) is 0.667. The molecule has 3 aliphatic rings. The number of carbonyl (C=O) groups is 1. The molecule has 2 fully saturated rings. The topological polar surface area (TPSA) is 50.2 Å². The van der Waals surface area contributed by atoms with E-state index >= 15 is 0 Å². The number of anilines is 1. The predicted octanol–water partition coefficient (Wildman–Crippen LogP) is 0.925. The van der Waals surface area contributed by atoms with Gasteiger partial charge < -0.3 is 10.2 Å². The molecule has 1 saturated heterocycles. The Balaban J connectivity index is 0.000001000. The molecule has 1 saturated carbocycles. The van der Waals surface area contributed by atoms with E-state index in [9.17, 15) is 4.79 Å². The van der Waals surface area contributed by atoms with Crippen molar-refractivity contribution in [3.8, 4) is 0 Å². The van der Waals surface area contributed by atoms with Crippen LogP contribution in [-0.2, 0) is 17.9 Å². The van der Waals surface area contributed by atoms with Gasteiger partial charge in [-0.3, -0.25) is 9.48 Å². The molecule has 3 heterocycles. The molecule has 5 nitrogen and oxygen atoms in total. The highest BCUT2D eigenvalue weighted by molar-refractivity contribution is 5.97. The maximum absolute atomic E-state index is 12.1. The number of nitrogens with zero attached hydrogens (tertiary/aromatic N) is 3. The molecule has 2 aliphatic heterocycles. The lowest BCUT2D eigenvalue weighted by atomic mass is 10.1. The van der Waals surface area contributed by atoms with Crippen LogP contribution in [0.1, 0.15) is 25.0 Å². The SMILES string of the molecule is Cl.O=C1CC2(CC2)CN1c1cnn2c1CNCC2. The van der Waals surface area contributed by atoms with Crippen LogP contribution in [0.15, 0.2) is 6.20 Å². The minimum Gasteiger partial charge on any atom is -0.309 e. The molecule has 0 radical (unpaired) electrons. The highest BCUT2D eigenvalue weighted by Crippen LogP contribution is 2.54. The number of hydrogen-bond acceptors (Lipinski definition) is 3. The van der Waals surface area contributed by atoms with Gasteiger partial charge in [-0.1, -0.05) is 0 Å². The van der Waals surface area contributed by atoms with E-state index in [1.165, 1.54) is 18.5 Å². The second-order valence-electron chi connectivity index (χ2n) is 5.53. The van der Waals surface area contributed by atoms with Crippen LogP contribution in [0.4, 0.5) is 5.69 Å². The highest BCUT2D eigenvalue weighted by Gasteiger charge is 2.52. The Bertz CT molecular complexity index is 494. The third-order valence-electron chi connectivity index (χ3n) is 4.29. The van der Waals surface area contributed by atoms with Crippen molar-refractivity contribution in [2.24, 2.45) is 5.41 Å². The van der Waals surface area contributed by atoms with E-state index in [4.69, 9.17) is 0 Å². The van der Waals surface area contributed by atoms with Gasteiger partial charge >= 0.3 is 0 Å². The fourth-order valence-electron chi connectivity index (χ4n) is 3.02. The molecule has 0 aromatic carbocycles. The normalized spacial score (nSPS) is 24.0. The van der Waals surface area contributed by atoms with Crippen molar-refractivity contribution in [3.63, 3.8) is 0 Å². The maximum Gasteiger partial charge on any atom is 0.227 e. The first kappa shape index (κ1) is 12.0. The first-order valence-electron chi connectivity index (χ1n) is 6.33. The summed E-state index contributed by atoms with van der Waals surface area (Å²) < 4.78 is 2.02. The molecule has 1 aromatic rings. The lowest BCUT2D eigenvalue weighted by Gasteiger charge is -2.20. The van der Waals surface area contributed by atoms with E-state index in [1.54, 1.807) is 0 Å². The summed E-state index contributed by atoms with van der Waals surface area (Å²) in [6, 6.07) is 0. The zero-order valence-corrected chi connectivity index (χ0v) is 11.0.